The number of anilines is 1. The number of carbonyl (C=O) groups excluding carboxylic acids is 1. The lowest BCUT2D eigenvalue weighted by molar-refractivity contribution is -0.114. The molecule has 0 aliphatic rings. The number of benzene rings is 2. The standard InChI is InChI=1S/C19H19N3O2/c23-15-22(24-14-16-6-2-1-3-7-16)18-9-5-4-8-17(18)10-11-19-20-12-13-21-19/h1-9,12-13,15H,10-11,14H2,(H,20,21). The number of aromatic amines is 1. The Morgan fingerprint density at radius 3 is 2.58 bits per heavy atom. The molecule has 5 nitrogen and oxygen atoms in total. The Morgan fingerprint density at radius 2 is 1.83 bits per heavy atom. The molecule has 0 bridgehead atoms. The van der Waals surface area contributed by atoms with Gasteiger partial charge in [-0.05, 0) is 23.6 Å². The van der Waals surface area contributed by atoms with Crippen molar-refractivity contribution in [3.8, 4) is 0 Å². The first-order valence-corrected chi connectivity index (χ1v) is 7.84. The van der Waals surface area contributed by atoms with Gasteiger partial charge in [0.2, 0.25) is 6.41 Å². The van der Waals surface area contributed by atoms with Crippen LogP contribution in [0.4, 0.5) is 5.69 Å². The highest BCUT2D eigenvalue weighted by molar-refractivity contribution is 5.74. The average Bonchev–Trinajstić information content (AvgIpc) is 3.16. The Kier molecular flexibility index (Phi) is 5.37. The van der Waals surface area contributed by atoms with Crippen LogP contribution < -0.4 is 5.06 Å². The topological polar surface area (TPSA) is 58.2 Å². The van der Waals surface area contributed by atoms with E-state index in [-0.39, 0.29) is 0 Å². The number of nitrogens with zero attached hydrogens (tertiary/aromatic N) is 2. The summed E-state index contributed by atoms with van der Waals surface area (Å²) < 4.78 is 0. The van der Waals surface area contributed by atoms with Crippen LogP contribution in [0.3, 0.4) is 0 Å². The highest BCUT2D eigenvalue weighted by atomic mass is 16.7. The Hall–Kier alpha value is -2.92. The van der Waals surface area contributed by atoms with Crippen LogP contribution in [0.1, 0.15) is 17.0 Å². The van der Waals surface area contributed by atoms with Crippen molar-refractivity contribution in [1.29, 1.82) is 0 Å². The third kappa shape index (κ3) is 4.08. The van der Waals surface area contributed by atoms with Crippen molar-refractivity contribution in [2.24, 2.45) is 0 Å². The highest BCUT2D eigenvalue weighted by Gasteiger charge is 2.12. The molecule has 3 aromatic rings. The number of hydroxylamine groups is 1. The minimum absolute atomic E-state index is 0.339. The SMILES string of the molecule is O=CN(OCc1ccccc1)c1ccccc1CCc1ncc[nH]1. The number of amides is 1. The molecule has 0 aliphatic heterocycles. The maximum Gasteiger partial charge on any atom is 0.238 e. The van der Waals surface area contributed by atoms with Crippen LogP contribution in [0.5, 0.6) is 0 Å². The van der Waals surface area contributed by atoms with Gasteiger partial charge in [0.25, 0.3) is 0 Å². The lowest BCUT2D eigenvalue weighted by Crippen LogP contribution is -2.22. The molecular weight excluding hydrogens is 302 g/mol. The van der Waals surface area contributed by atoms with Gasteiger partial charge in [-0.25, -0.2) is 4.98 Å². The third-order valence-electron chi connectivity index (χ3n) is 3.72. The van der Waals surface area contributed by atoms with Gasteiger partial charge in [0.1, 0.15) is 12.4 Å². The van der Waals surface area contributed by atoms with Gasteiger partial charge in [-0.2, -0.15) is 5.06 Å². The summed E-state index contributed by atoms with van der Waals surface area (Å²) in [6, 6.07) is 17.5. The second-order valence-corrected chi connectivity index (χ2v) is 5.35. The summed E-state index contributed by atoms with van der Waals surface area (Å²) >= 11 is 0. The molecule has 0 radical (unpaired) electrons. The molecule has 0 fully saturated rings. The van der Waals surface area contributed by atoms with Crippen molar-refractivity contribution in [2.75, 3.05) is 5.06 Å². The molecule has 0 unspecified atom stereocenters. The zero-order valence-corrected chi connectivity index (χ0v) is 13.3. The highest BCUT2D eigenvalue weighted by Crippen LogP contribution is 2.22. The summed E-state index contributed by atoms with van der Waals surface area (Å²) in [5.74, 6) is 0.924. The smallest absolute Gasteiger partial charge is 0.238 e. The fourth-order valence-electron chi connectivity index (χ4n) is 2.50. The normalized spacial score (nSPS) is 10.5. The Bertz CT molecular complexity index is 757. The fraction of sp³-hybridized carbons (Fsp3) is 0.158. The van der Waals surface area contributed by atoms with Crippen molar-refractivity contribution >= 4 is 12.1 Å². The molecule has 0 aliphatic carbocycles. The first-order valence-electron chi connectivity index (χ1n) is 7.84. The second-order valence-electron chi connectivity index (χ2n) is 5.35. The van der Waals surface area contributed by atoms with E-state index in [0.29, 0.717) is 13.0 Å². The lowest BCUT2D eigenvalue weighted by atomic mass is 10.1. The van der Waals surface area contributed by atoms with Crippen molar-refractivity contribution in [3.63, 3.8) is 0 Å². The summed E-state index contributed by atoms with van der Waals surface area (Å²) in [4.78, 5) is 24.5. The zero-order valence-electron chi connectivity index (χ0n) is 13.3. The number of aromatic nitrogens is 2. The Labute approximate surface area is 140 Å². The van der Waals surface area contributed by atoms with Crippen molar-refractivity contribution in [1.82, 2.24) is 9.97 Å². The number of H-pyrrole nitrogens is 1. The second kappa shape index (κ2) is 8.08. The molecule has 5 heteroatoms. The van der Waals surface area contributed by atoms with Gasteiger partial charge in [-0.3, -0.25) is 9.63 Å². The number of rotatable bonds is 8. The quantitative estimate of drug-likeness (QED) is 0.511. The number of hydrogen-bond donors (Lipinski definition) is 1. The van der Waals surface area contributed by atoms with E-state index in [0.717, 1.165) is 35.5 Å². The van der Waals surface area contributed by atoms with Crippen LogP contribution >= 0.6 is 0 Å². The molecule has 1 aromatic heterocycles. The van der Waals surface area contributed by atoms with Gasteiger partial charge in [0, 0.05) is 18.8 Å². The van der Waals surface area contributed by atoms with Gasteiger partial charge in [0.05, 0.1) is 5.69 Å². The minimum Gasteiger partial charge on any atom is -0.349 e. The number of imidazole rings is 1. The molecule has 1 amide bonds. The molecule has 1 N–H and O–H groups in total. The molecular formula is C19H19N3O2. The van der Waals surface area contributed by atoms with Gasteiger partial charge < -0.3 is 4.98 Å². The van der Waals surface area contributed by atoms with E-state index < -0.39 is 0 Å². The van der Waals surface area contributed by atoms with E-state index in [1.807, 2.05) is 60.8 Å². The number of hydrogen-bond acceptors (Lipinski definition) is 3. The fourth-order valence-corrected chi connectivity index (χ4v) is 2.50. The van der Waals surface area contributed by atoms with E-state index in [1.165, 1.54) is 5.06 Å². The summed E-state index contributed by atoms with van der Waals surface area (Å²) in [5.41, 5.74) is 2.81. The molecule has 0 saturated carbocycles. The number of aryl methyl sites for hydroxylation is 2. The van der Waals surface area contributed by atoms with Gasteiger partial charge in [-0.15, -0.1) is 0 Å². The van der Waals surface area contributed by atoms with E-state index >= 15 is 0 Å². The molecule has 1 heterocycles. The molecule has 0 saturated heterocycles. The molecule has 122 valence electrons. The van der Waals surface area contributed by atoms with E-state index in [4.69, 9.17) is 4.84 Å². The van der Waals surface area contributed by atoms with E-state index in [2.05, 4.69) is 9.97 Å². The average molecular weight is 321 g/mol. The Balaban J connectivity index is 1.70. The zero-order chi connectivity index (χ0) is 16.6. The van der Waals surface area contributed by atoms with Crippen molar-refractivity contribution in [2.45, 2.75) is 19.4 Å². The predicted octanol–water partition coefficient (Wildman–Crippen LogP) is 3.29. The summed E-state index contributed by atoms with van der Waals surface area (Å²) in [7, 11) is 0. The molecule has 0 spiro atoms. The third-order valence-corrected chi connectivity index (χ3v) is 3.72. The van der Waals surface area contributed by atoms with E-state index in [1.54, 1.807) is 6.20 Å². The van der Waals surface area contributed by atoms with Crippen LogP contribution in [0.2, 0.25) is 0 Å². The first kappa shape index (κ1) is 16.0. The number of para-hydroxylation sites is 1. The van der Waals surface area contributed by atoms with Gasteiger partial charge in [0.15, 0.2) is 0 Å². The molecule has 2 aromatic carbocycles. The van der Waals surface area contributed by atoms with Gasteiger partial charge >= 0.3 is 0 Å². The van der Waals surface area contributed by atoms with Crippen LogP contribution in [-0.2, 0) is 29.1 Å². The molecule has 24 heavy (non-hydrogen) atoms. The summed E-state index contributed by atoms with van der Waals surface area (Å²) in [5, 5.41) is 1.30. The van der Waals surface area contributed by atoms with Crippen molar-refractivity contribution < 1.29 is 9.63 Å². The first-order chi connectivity index (χ1) is 11.9. The van der Waals surface area contributed by atoms with Crippen LogP contribution in [0.15, 0.2) is 67.0 Å². The van der Waals surface area contributed by atoms with Crippen LogP contribution in [0, 0.1) is 0 Å². The lowest BCUT2D eigenvalue weighted by Gasteiger charge is -2.20. The van der Waals surface area contributed by atoms with Crippen molar-refractivity contribution in [3.05, 3.63) is 83.9 Å². The number of carbonyl (C=O) groups is 1. The largest absolute Gasteiger partial charge is 0.349 e. The number of nitrogens with one attached hydrogen (secondary N) is 1. The maximum absolute atomic E-state index is 11.5. The predicted molar refractivity (Wildman–Crippen MR) is 92.2 cm³/mol. The molecule has 0 atom stereocenters. The summed E-state index contributed by atoms with van der Waals surface area (Å²) in [6.45, 7) is 0.339. The Morgan fingerprint density at radius 1 is 1.04 bits per heavy atom. The minimum atomic E-state index is 0.339. The van der Waals surface area contributed by atoms with Gasteiger partial charge in [-0.1, -0.05) is 48.5 Å². The molecule has 3 rings (SSSR count). The maximum atomic E-state index is 11.5. The van der Waals surface area contributed by atoms with E-state index in [9.17, 15) is 4.79 Å². The summed E-state index contributed by atoms with van der Waals surface area (Å²) in [6.07, 6.45) is 5.79. The van der Waals surface area contributed by atoms with Crippen LogP contribution in [-0.4, -0.2) is 16.4 Å². The van der Waals surface area contributed by atoms with Crippen LogP contribution in [0.25, 0.3) is 0 Å². The monoisotopic (exact) mass is 321 g/mol.